The number of hydrogen-bond donors (Lipinski definition) is 0. The van der Waals surface area contributed by atoms with Crippen LogP contribution in [0.4, 0.5) is 0 Å². The molecule has 1 heteroatoms. The summed E-state index contributed by atoms with van der Waals surface area (Å²) >= 11 is 0. The summed E-state index contributed by atoms with van der Waals surface area (Å²) in [6, 6.07) is 0. The first-order valence-corrected chi connectivity index (χ1v) is 4.65. The molecule has 0 amide bonds. The van der Waals surface area contributed by atoms with Gasteiger partial charge in [-0.2, -0.15) is 0 Å². The van der Waals surface area contributed by atoms with Gasteiger partial charge in [-0.3, -0.25) is 4.79 Å². The molecule has 0 aromatic heterocycles. The van der Waals surface area contributed by atoms with Gasteiger partial charge in [0.1, 0.15) is 6.29 Å². The highest BCUT2D eigenvalue weighted by Gasteiger charge is 2.34. The molecule has 0 spiro atoms. The molecule has 1 nitrogen and oxygen atoms in total. The number of rotatable bonds is 1. The molecule has 1 aliphatic carbocycles. The fraction of sp³-hybridized carbons (Fsp3) is 0.727. The van der Waals surface area contributed by atoms with Gasteiger partial charge >= 0.3 is 0 Å². The standard InChI is InChI=1S/C11H18O/c1-8-5-6-9(2)11(3,4)10(8)7-12/h7,9H,5-6H2,1-4H3/t9-/m0/s1. The Morgan fingerprint density at radius 2 is 2.08 bits per heavy atom. The maximum absolute atomic E-state index is 10.9. The van der Waals surface area contributed by atoms with Crippen LogP contribution in [0.15, 0.2) is 11.1 Å². The number of hydrogen-bond acceptors (Lipinski definition) is 1. The van der Waals surface area contributed by atoms with Gasteiger partial charge in [0, 0.05) is 0 Å². The summed E-state index contributed by atoms with van der Waals surface area (Å²) in [7, 11) is 0. The summed E-state index contributed by atoms with van der Waals surface area (Å²) in [5.41, 5.74) is 2.40. The molecule has 0 saturated heterocycles. The van der Waals surface area contributed by atoms with Gasteiger partial charge in [-0.15, -0.1) is 0 Å². The minimum absolute atomic E-state index is 0.0874. The van der Waals surface area contributed by atoms with E-state index in [0.29, 0.717) is 5.92 Å². The van der Waals surface area contributed by atoms with Crippen molar-refractivity contribution in [3.8, 4) is 0 Å². The molecule has 12 heavy (non-hydrogen) atoms. The van der Waals surface area contributed by atoms with Crippen molar-refractivity contribution in [2.75, 3.05) is 0 Å². The normalized spacial score (nSPS) is 28.8. The molecular formula is C11H18O. The molecule has 0 heterocycles. The van der Waals surface area contributed by atoms with E-state index < -0.39 is 0 Å². The van der Waals surface area contributed by atoms with E-state index in [-0.39, 0.29) is 5.41 Å². The van der Waals surface area contributed by atoms with Crippen LogP contribution in [-0.2, 0) is 4.79 Å². The van der Waals surface area contributed by atoms with Crippen LogP contribution in [0.3, 0.4) is 0 Å². The van der Waals surface area contributed by atoms with E-state index in [1.807, 2.05) is 0 Å². The number of aldehydes is 1. The van der Waals surface area contributed by atoms with Gasteiger partial charge in [0.25, 0.3) is 0 Å². The molecule has 1 aliphatic rings. The van der Waals surface area contributed by atoms with E-state index >= 15 is 0 Å². The Hall–Kier alpha value is -0.590. The smallest absolute Gasteiger partial charge is 0.146 e. The predicted octanol–water partition coefficient (Wildman–Crippen LogP) is 2.96. The van der Waals surface area contributed by atoms with Crippen LogP contribution in [0.2, 0.25) is 0 Å². The van der Waals surface area contributed by atoms with Crippen molar-refractivity contribution in [1.82, 2.24) is 0 Å². The quantitative estimate of drug-likeness (QED) is 0.547. The zero-order chi connectivity index (χ0) is 9.35. The lowest BCUT2D eigenvalue weighted by molar-refractivity contribution is -0.106. The third-order valence-electron chi connectivity index (χ3n) is 3.46. The van der Waals surface area contributed by atoms with Crippen LogP contribution in [0.1, 0.15) is 40.5 Å². The highest BCUT2D eigenvalue weighted by molar-refractivity contribution is 5.77. The first-order chi connectivity index (χ1) is 5.50. The van der Waals surface area contributed by atoms with Crippen molar-refractivity contribution in [3.05, 3.63) is 11.1 Å². The summed E-state index contributed by atoms with van der Waals surface area (Å²) in [4.78, 5) is 10.9. The SMILES string of the molecule is CC1=C(C=O)C(C)(C)[C@@H](C)CC1. The molecule has 0 radical (unpaired) electrons. The predicted molar refractivity (Wildman–Crippen MR) is 50.9 cm³/mol. The molecule has 0 fully saturated rings. The molecular weight excluding hydrogens is 148 g/mol. The van der Waals surface area contributed by atoms with Crippen molar-refractivity contribution in [2.45, 2.75) is 40.5 Å². The lowest BCUT2D eigenvalue weighted by atomic mass is 9.67. The molecule has 1 atom stereocenters. The highest BCUT2D eigenvalue weighted by atomic mass is 16.1. The second kappa shape index (κ2) is 3.04. The van der Waals surface area contributed by atoms with E-state index in [1.54, 1.807) is 0 Å². The largest absolute Gasteiger partial charge is 0.298 e. The molecule has 0 unspecified atom stereocenters. The molecule has 1 rings (SSSR count). The first kappa shape index (κ1) is 9.50. The molecule has 0 aliphatic heterocycles. The van der Waals surface area contributed by atoms with Crippen molar-refractivity contribution in [1.29, 1.82) is 0 Å². The van der Waals surface area contributed by atoms with Gasteiger partial charge in [-0.05, 0) is 36.7 Å². The van der Waals surface area contributed by atoms with Crippen LogP contribution in [0, 0.1) is 11.3 Å². The van der Waals surface area contributed by atoms with Crippen LogP contribution in [-0.4, -0.2) is 6.29 Å². The minimum atomic E-state index is 0.0874. The van der Waals surface area contributed by atoms with E-state index in [4.69, 9.17) is 0 Å². The van der Waals surface area contributed by atoms with Crippen molar-refractivity contribution < 1.29 is 4.79 Å². The molecule has 0 aromatic rings. The topological polar surface area (TPSA) is 17.1 Å². The Balaban J connectivity index is 3.09. The Labute approximate surface area is 74.9 Å². The van der Waals surface area contributed by atoms with Gasteiger partial charge in [-0.25, -0.2) is 0 Å². The summed E-state index contributed by atoms with van der Waals surface area (Å²) in [5, 5.41) is 0. The van der Waals surface area contributed by atoms with E-state index in [9.17, 15) is 4.79 Å². The lowest BCUT2D eigenvalue weighted by Crippen LogP contribution is -2.29. The number of carbonyl (C=O) groups excluding carboxylic acids is 1. The third-order valence-corrected chi connectivity index (χ3v) is 3.46. The fourth-order valence-electron chi connectivity index (χ4n) is 2.00. The summed E-state index contributed by atoms with van der Waals surface area (Å²) in [5.74, 6) is 0.626. The zero-order valence-electron chi connectivity index (χ0n) is 8.48. The van der Waals surface area contributed by atoms with Crippen molar-refractivity contribution in [2.24, 2.45) is 11.3 Å². The second-order valence-corrected chi connectivity index (χ2v) is 4.47. The van der Waals surface area contributed by atoms with Gasteiger partial charge in [0.2, 0.25) is 0 Å². The van der Waals surface area contributed by atoms with E-state index in [2.05, 4.69) is 27.7 Å². The Morgan fingerprint density at radius 3 is 2.50 bits per heavy atom. The summed E-state index contributed by atoms with van der Waals surface area (Å²) < 4.78 is 0. The highest BCUT2D eigenvalue weighted by Crippen LogP contribution is 2.43. The van der Waals surface area contributed by atoms with Crippen LogP contribution < -0.4 is 0 Å². The monoisotopic (exact) mass is 166 g/mol. The van der Waals surface area contributed by atoms with Crippen LogP contribution >= 0.6 is 0 Å². The van der Waals surface area contributed by atoms with Gasteiger partial charge < -0.3 is 0 Å². The maximum Gasteiger partial charge on any atom is 0.146 e. The third kappa shape index (κ3) is 1.33. The molecule has 0 aromatic carbocycles. The Morgan fingerprint density at radius 1 is 1.50 bits per heavy atom. The van der Waals surface area contributed by atoms with Gasteiger partial charge in [0.05, 0.1) is 0 Å². The summed E-state index contributed by atoms with van der Waals surface area (Å²) in [6.07, 6.45) is 3.36. The molecule has 0 saturated carbocycles. The first-order valence-electron chi connectivity index (χ1n) is 4.65. The Kier molecular flexibility index (Phi) is 2.41. The Bertz CT molecular complexity index is 223. The second-order valence-electron chi connectivity index (χ2n) is 4.47. The average Bonchev–Trinajstić information content (AvgIpc) is 1.98. The molecule has 68 valence electrons. The summed E-state index contributed by atoms with van der Waals surface area (Å²) in [6.45, 7) is 8.65. The lowest BCUT2D eigenvalue weighted by Gasteiger charge is -2.37. The van der Waals surface area contributed by atoms with E-state index in [0.717, 1.165) is 18.3 Å². The van der Waals surface area contributed by atoms with Crippen molar-refractivity contribution >= 4 is 6.29 Å². The molecule has 0 N–H and O–H groups in total. The van der Waals surface area contributed by atoms with Crippen LogP contribution in [0.25, 0.3) is 0 Å². The fourth-order valence-corrected chi connectivity index (χ4v) is 2.00. The number of allylic oxidation sites excluding steroid dienone is 2. The van der Waals surface area contributed by atoms with Gasteiger partial charge in [0.15, 0.2) is 0 Å². The zero-order valence-corrected chi connectivity index (χ0v) is 8.48. The molecule has 0 bridgehead atoms. The minimum Gasteiger partial charge on any atom is -0.298 e. The average molecular weight is 166 g/mol. The number of carbonyl (C=O) groups is 1. The van der Waals surface area contributed by atoms with Crippen LogP contribution in [0.5, 0.6) is 0 Å². The van der Waals surface area contributed by atoms with E-state index in [1.165, 1.54) is 12.0 Å². The van der Waals surface area contributed by atoms with Crippen molar-refractivity contribution in [3.63, 3.8) is 0 Å². The maximum atomic E-state index is 10.9. The van der Waals surface area contributed by atoms with Gasteiger partial charge in [-0.1, -0.05) is 26.3 Å².